The zero-order valence-electron chi connectivity index (χ0n) is 11.4. The van der Waals surface area contributed by atoms with Gasteiger partial charge in [0.25, 0.3) is 0 Å². The summed E-state index contributed by atoms with van der Waals surface area (Å²) in [5.74, 6) is 0. The number of hydrogen-bond donors (Lipinski definition) is 1. The molecule has 1 fully saturated rings. The molecule has 1 N–H and O–H groups in total. The number of likely N-dealkylation sites (tertiary alicyclic amines) is 1. The Bertz CT molecular complexity index is 96.7. The molecule has 0 atom stereocenters. The van der Waals surface area contributed by atoms with E-state index in [9.17, 15) is 0 Å². The van der Waals surface area contributed by atoms with Gasteiger partial charge in [-0.1, -0.05) is 26.7 Å². The first-order valence-electron chi connectivity index (χ1n) is 6.57. The zero-order valence-corrected chi connectivity index (χ0v) is 11.4. The Labute approximate surface area is 96.7 Å². The summed E-state index contributed by atoms with van der Waals surface area (Å²) in [6.45, 7) is 13.2. The van der Waals surface area contributed by atoms with Gasteiger partial charge in [0.05, 0.1) is 0 Å². The van der Waals surface area contributed by atoms with Crippen LogP contribution in [0.1, 0.15) is 60.3 Å². The Kier molecular flexibility index (Phi) is 16.1. The van der Waals surface area contributed by atoms with Gasteiger partial charge < -0.3 is 10.0 Å². The van der Waals surface area contributed by atoms with Crippen molar-refractivity contribution in [3.8, 4) is 0 Å². The summed E-state index contributed by atoms with van der Waals surface area (Å²) in [6, 6.07) is 0.762. The van der Waals surface area contributed by atoms with E-state index in [2.05, 4.69) is 18.7 Å². The van der Waals surface area contributed by atoms with E-state index < -0.39 is 0 Å². The van der Waals surface area contributed by atoms with Gasteiger partial charge in [0, 0.05) is 12.6 Å². The van der Waals surface area contributed by atoms with Crippen LogP contribution in [-0.4, -0.2) is 35.7 Å². The second-order valence-electron chi connectivity index (χ2n) is 3.86. The Balaban J connectivity index is 0. The number of aliphatic hydroxyl groups is 1. The maximum absolute atomic E-state index is 7.57. The molecule has 0 aliphatic carbocycles. The molecule has 15 heavy (non-hydrogen) atoms. The quantitative estimate of drug-likeness (QED) is 0.728. The fourth-order valence-electron chi connectivity index (χ4n) is 1.61. The van der Waals surface area contributed by atoms with Crippen molar-refractivity contribution in [1.29, 1.82) is 0 Å². The number of nitrogens with zero attached hydrogens (tertiary/aromatic N) is 1. The van der Waals surface area contributed by atoms with Crippen LogP contribution in [0, 0.1) is 0 Å². The highest BCUT2D eigenvalue weighted by molar-refractivity contribution is 4.66. The second kappa shape index (κ2) is 13.9. The lowest BCUT2D eigenvalue weighted by Gasteiger charge is -2.23. The van der Waals surface area contributed by atoms with E-state index in [0.717, 1.165) is 6.04 Å². The topological polar surface area (TPSA) is 23.5 Å². The van der Waals surface area contributed by atoms with Crippen LogP contribution < -0.4 is 0 Å². The molecule has 2 nitrogen and oxygen atoms in total. The molecule has 0 spiro atoms. The first kappa shape index (κ1) is 17.3. The van der Waals surface area contributed by atoms with Gasteiger partial charge in [-0.2, -0.15) is 0 Å². The van der Waals surface area contributed by atoms with E-state index in [1.165, 1.54) is 38.8 Å². The summed E-state index contributed by atoms with van der Waals surface area (Å²) in [7, 11) is 0. The molecule has 2 heteroatoms. The number of rotatable bonds is 1. The molecule has 1 aliphatic rings. The second-order valence-corrected chi connectivity index (χ2v) is 3.86. The minimum absolute atomic E-state index is 0.250. The van der Waals surface area contributed by atoms with Crippen LogP contribution in [-0.2, 0) is 0 Å². The van der Waals surface area contributed by atoms with Crippen molar-refractivity contribution in [3.63, 3.8) is 0 Å². The van der Waals surface area contributed by atoms with Gasteiger partial charge in [-0.15, -0.1) is 0 Å². The lowest BCUT2D eigenvalue weighted by Crippen LogP contribution is -2.31. The van der Waals surface area contributed by atoms with Crippen molar-refractivity contribution >= 4 is 0 Å². The van der Waals surface area contributed by atoms with Crippen molar-refractivity contribution in [1.82, 2.24) is 4.90 Å². The molecule has 0 unspecified atom stereocenters. The molecular weight excluding hydrogens is 186 g/mol. The molecule has 1 saturated heterocycles. The summed E-state index contributed by atoms with van der Waals surface area (Å²) in [6.07, 6.45) is 5.72. The number of hydrogen-bond acceptors (Lipinski definition) is 2. The molecule has 0 bridgehead atoms. The number of aliphatic hydroxyl groups excluding tert-OH is 1. The average Bonchev–Trinajstić information content (AvgIpc) is 2.50. The molecule has 0 aromatic rings. The summed E-state index contributed by atoms with van der Waals surface area (Å²) in [5, 5.41) is 7.57. The van der Waals surface area contributed by atoms with Crippen LogP contribution in [0.5, 0.6) is 0 Å². The maximum Gasteiger partial charge on any atom is 0.0402 e. The lowest BCUT2D eigenvalue weighted by molar-refractivity contribution is 0.231. The molecule has 94 valence electrons. The fourth-order valence-corrected chi connectivity index (χ4v) is 1.61. The van der Waals surface area contributed by atoms with E-state index in [4.69, 9.17) is 5.11 Å². The standard InChI is InChI=1S/C9H19N.C2H6O.C2H6/c1-9(2)10-7-5-3-4-6-8-10;1-2-3;1-2/h9H,3-8H2,1-2H3;3H,2H2,1H3;1-2H3. The zero-order chi connectivity index (χ0) is 12.1. The first-order valence-corrected chi connectivity index (χ1v) is 6.57. The normalized spacial score (nSPS) is 17.0. The molecule has 0 amide bonds. The Morgan fingerprint density at radius 3 is 1.60 bits per heavy atom. The molecule has 0 aromatic carbocycles. The molecule has 1 heterocycles. The Hall–Kier alpha value is -0.0800. The third-order valence-electron chi connectivity index (χ3n) is 2.37. The SMILES string of the molecule is CC.CC(C)N1CCCCCC1.CCO. The average molecular weight is 217 g/mol. The van der Waals surface area contributed by atoms with E-state index in [-0.39, 0.29) is 6.61 Å². The molecule has 1 rings (SSSR count). The first-order chi connectivity index (χ1) is 7.22. The van der Waals surface area contributed by atoms with Gasteiger partial charge in [-0.3, -0.25) is 0 Å². The van der Waals surface area contributed by atoms with Gasteiger partial charge in [-0.25, -0.2) is 0 Å². The van der Waals surface area contributed by atoms with E-state index >= 15 is 0 Å². The molecule has 0 saturated carbocycles. The highest BCUT2D eigenvalue weighted by Crippen LogP contribution is 2.11. The highest BCUT2D eigenvalue weighted by atomic mass is 16.2. The predicted octanol–water partition coefficient (Wildman–Crippen LogP) is 3.30. The van der Waals surface area contributed by atoms with Crippen LogP contribution in [0.4, 0.5) is 0 Å². The Morgan fingerprint density at radius 2 is 1.33 bits per heavy atom. The van der Waals surface area contributed by atoms with E-state index in [1.54, 1.807) is 6.92 Å². The smallest absolute Gasteiger partial charge is 0.0402 e. The van der Waals surface area contributed by atoms with E-state index in [0.29, 0.717) is 0 Å². The van der Waals surface area contributed by atoms with Crippen molar-refractivity contribution in [3.05, 3.63) is 0 Å². The van der Waals surface area contributed by atoms with Crippen molar-refractivity contribution < 1.29 is 5.11 Å². The van der Waals surface area contributed by atoms with Crippen LogP contribution in [0.3, 0.4) is 0 Å². The minimum Gasteiger partial charge on any atom is -0.397 e. The van der Waals surface area contributed by atoms with Gasteiger partial charge in [0.2, 0.25) is 0 Å². The van der Waals surface area contributed by atoms with Gasteiger partial charge >= 0.3 is 0 Å². The minimum atomic E-state index is 0.250. The summed E-state index contributed by atoms with van der Waals surface area (Å²) >= 11 is 0. The monoisotopic (exact) mass is 217 g/mol. The van der Waals surface area contributed by atoms with Gasteiger partial charge in [0.15, 0.2) is 0 Å². The lowest BCUT2D eigenvalue weighted by atomic mass is 10.2. The highest BCUT2D eigenvalue weighted by Gasteiger charge is 2.10. The summed E-state index contributed by atoms with van der Waals surface area (Å²) in [5.41, 5.74) is 0. The predicted molar refractivity (Wildman–Crippen MR) is 69.3 cm³/mol. The third-order valence-corrected chi connectivity index (χ3v) is 2.37. The molecule has 1 aliphatic heterocycles. The summed E-state index contributed by atoms with van der Waals surface area (Å²) in [4.78, 5) is 2.59. The molecule has 0 radical (unpaired) electrons. The maximum atomic E-state index is 7.57. The Morgan fingerprint density at radius 1 is 1.00 bits per heavy atom. The van der Waals surface area contributed by atoms with Crippen LogP contribution in [0.2, 0.25) is 0 Å². The molecule has 0 aromatic heterocycles. The van der Waals surface area contributed by atoms with Crippen LogP contribution in [0.15, 0.2) is 0 Å². The molecular formula is C13H31NO. The largest absolute Gasteiger partial charge is 0.397 e. The fraction of sp³-hybridized carbons (Fsp3) is 1.00. The van der Waals surface area contributed by atoms with Crippen LogP contribution in [0.25, 0.3) is 0 Å². The van der Waals surface area contributed by atoms with Crippen molar-refractivity contribution in [2.24, 2.45) is 0 Å². The van der Waals surface area contributed by atoms with Gasteiger partial charge in [-0.05, 0) is 46.7 Å². The van der Waals surface area contributed by atoms with Crippen molar-refractivity contribution in [2.75, 3.05) is 19.7 Å². The van der Waals surface area contributed by atoms with Crippen molar-refractivity contribution in [2.45, 2.75) is 66.3 Å². The third kappa shape index (κ3) is 11.8. The van der Waals surface area contributed by atoms with Gasteiger partial charge in [0.1, 0.15) is 0 Å². The van der Waals surface area contributed by atoms with E-state index in [1.807, 2.05) is 13.8 Å². The summed E-state index contributed by atoms with van der Waals surface area (Å²) < 4.78 is 0. The van der Waals surface area contributed by atoms with Crippen LogP contribution >= 0.6 is 0 Å².